The van der Waals surface area contributed by atoms with Gasteiger partial charge in [0.2, 0.25) is 11.5 Å². The van der Waals surface area contributed by atoms with Gasteiger partial charge in [0, 0.05) is 48.9 Å². The molecule has 14 nitrogen and oxygen atoms in total. The fraction of sp³-hybridized carbons (Fsp3) is 0.381. The van der Waals surface area contributed by atoms with E-state index >= 15 is 0 Å². The van der Waals surface area contributed by atoms with E-state index in [9.17, 15) is 9.59 Å². The molecule has 4 aromatic rings. The van der Waals surface area contributed by atoms with E-state index in [-0.39, 0.29) is 12.8 Å². The van der Waals surface area contributed by atoms with Crippen LogP contribution in [0.3, 0.4) is 0 Å². The first-order valence-electron chi connectivity index (χ1n) is 17.7. The zero-order chi connectivity index (χ0) is 40.3. The van der Waals surface area contributed by atoms with Gasteiger partial charge in [0.25, 0.3) is 0 Å². The van der Waals surface area contributed by atoms with Crippen LogP contribution in [0.5, 0.6) is 57.5 Å². The standard InChI is InChI=1S/C42H46O14/c1-21(43)53-35-19-27-25(17-33(49-7)41(51-9)39(27)55-37(35)23-11-13-29(45-3)31(15-23)47-5)26-18-34(50-8)42(52-10)40-28(26)20-36(54-22(2)44)38(56-40)24-12-14-30(46-4)32(16-24)48-6/h11-18,35-38H,19-20H2,1-10H3/t35-,36-,37?,38?/m0/s1. The van der Waals surface area contributed by atoms with E-state index < -0.39 is 36.4 Å². The first-order valence-corrected chi connectivity index (χ1v) is 17.7. The number of hydrogen-bond donors (Lipinski definition) is 0. The lowest BCUT2D eigenvalue weighted by molar-refractivity contribution is -0.153. The molecule has 0 aromatic heterocycles. The molecule has 0 radical (unpaired) electrons. The van der Waals surface area contributed by atoms with Crippen molar-refractivity contribution in [1.29, 1.82) is 0 Å². The number of hydrogen-bond acceptors (Lipinski definition) is 14. The maximum atomic E-state index is 12.6. The molecule has 2 unspecified atom stereocenters. The van der Waals surface area contributed by atoms with E-state index in [1.807, 2.05) is 24.3 Å². The molecule has 0 saturated heterocycles. The molecule has 0 N–H and O–H groups in total. The number of benzene rings is 4. The maximum Gasteiger partial charge on any atom is 0.303 e. The summed E-state index contributed by atoms with van der Waals surface area (Å²) in [5.74, 6) is 3.22. The van der Waals surface area contributed by atoms with Crippen molar-refractivity contribution in [3.63, 3.8) is 0 Å². The fourth-order valence-corrected chi connectivity index (χ4v) is 7.42. The van der Waals surface area contributed by atoms with E-state index in [0.717, 1.165) is 0 Å². The molecule has 0 bridgehead atoms. The van der Waals surface area contributed by atoms with Gasteiger partial charge in [0.05, 0.1) is 56.9 Å². The van der Waals surface area contributed by atoms with Gasteiger partial charge >= 0.3 is 11.9 Å². The summed E-state index contributed by atoms with van der Waals surface area (Å²) < 4.78 is 71.3. The van der Waals surface area contributed by atoms with Gasteiger partial charge in [-0.3, -0.25) is 9.59 Å². The Hall–Kier alpha value is -6.18. The predicted octanol–water partition coefficient (Wildman–Crippen LogP) is 6.64. The summed E-state index contributed by atoms with van der Waals surface area (Å²) >= 11 is 0. The van der Waals surface area contributed by atoms with Crippen LogP contribution in [0.2, 0.25) is 0 Å². The lowest BCUT2D eigenvalue weighted by Gasteiger charge is -2.37. The normalized spacial score (nSPS) is 18.1. The Morgan fingerprint density at radius 3 is 1.14 bits per heavy atom. The second-order valence-corrected chi connectivity index (χ2v) is 12.9. The molecule has 14 heteroatoms. The Labute approximate surface area is 325 Å². The van der Waals surface area contributed by atoms with Gasteiger partial charge in [-0.15, -0.1) is 0 Å². The lowest BCUT2D eigenvalue weighted by Crippen LogP contribution is -2.35. The van der Waals surface area contributed by atoms with Crippen LogP contribution in [0.15, 0.2) is 48.5 Å². The molecular formula is C42H46O14. The number of ether oxygens (including phenoxy) is 12. The Bertz CT molecular complexity index is 1960. The zero-order valence-corrected chi connectivity index (χ0v) is 33.1. The van der Waals surface area contributed by atoms with E-state index in [1.165, 1.54) is 56.5 Å². The molecule has 0 saturated carbocycles. The van der Waals surface area contributed by atoms with Gasteiger partial charge in [-0.25, -0.2) is 0 Å². The van der Waals surface area contributed by atoms with Crippen LogP contribution in [-0.2, 0) is 31.9 Å². The number of rotatable bonds is 13. The Balaban J connectivity index is 1.58. The first-order chi connectivity index (χ1) is 27.0. The topological polar surface area (TPSA) is 145 Å². The SMILES string of the molecule is COc1ccc(C2Oc3c(c(-c4cc(OC)c(OC)c5c4C[C@H](OC(C)=O)C(c4ccc(OC)c(OC)c4)O5)cc(OC)c3OC)C[C@@H]2OC(C)=O)cc1OC. The summed E-state index contributed by atoms with van der Waals surface area (Å²) in [4.78, 5) is 25.3. The molecule has 0 aliphatic carbocycles. The predicted molar refractivity (Wildman–Crippen MR) is 202 cm³/mol. The van der Waals surface area contributed by atoms with Gasteiger partial charge in [-0.2, -0.15) is 0 Å². The van der Waals surface area contributed by atoms with Gasteiger partial charge < -0.3 is 56.8 Å². The second kappa shape index (κ2) is 16.7. The molecule has 2 aliphatic rings. The van der Waals surface area contributed by atoms with Crippen molar-refractivity contribution in [3.05, 3.63) is 70.8 Å². The van der Waals surface area contributed by atoms with Crippen LogP contribution in [0.4, 0.5) is 0 Å². The monoisotopic (exact) mass is 774 g/mol. The number of methoxy groups -OCH3 is 8. The van der Waals surface area contributed by atoms with Crippen LogP contribution in [-0.4, -0.2) is 81.0 Å². The minimum atomic E-state index is -0.787. The second-order valence-electron chi connectivity index (χ2n) is 12.9. The van der Waals surface area contributed by atoms with E-state index in [2.05, 4.69) is 0 Å². The van der Waals surface area contributed by atoms with Crippen molar-refractivity contribution in [2.45, 2.75) is 51.1 Å². The van der Waals surface area contributed by atoms with Crippen molar-refractivity contribution in [1.82, 2.24) is 0 Å². The van der Waals surface area contributed by atoms with Crippen molar-refractivity contribution < 1.29 is 66.4 Å². The minimum Gasteiger partial charge on any atom is -0.493 e. The average Bonchev–Trinajstić information content (AvgIpc) is 3.20. The van der Waals surface area contributed by atoms with Crippen LogP contribution in [0, 0.1) is 0 Å². The summed E-state index contributed by atoms with van der Waals surface area (Å²) in [5.41, 5.74) is 3.96. The molecule has 0 amide bonds. The van der Waals surface area contributed by atoms with Crippen molar-refractivity contribution >= 4 is 11.9 Å². The molecule has 2 aliphatic heterocycles. The number of carbonyl (C=O) groups excluding carboxylic acids is 2. The molecule has 0 spiro atoms. The largest absolute Gasteiger partial charge is 0.493 e. The molecule has 4 atom stereocenters. The summed E-state index contributed by atoms with van der Waals surface area (Å²) in [7, 11) is 12.3. The van der Waals surface area contributed by atoms with Crippen molar-refractivity contribution in [2.24, 2.45) is 0 Å². The van der Waals surface area contributed by atoms with Crippen LogP contribution < -0.4 is 47.4 Å². The molecule has 4 aromatic carbocycles. The summed E-state index contributed by atoms with van der Waals surface area (Å²) in [6, 6.07) is 14.4. The number of esters is 2. The van der Waals surface area contributed by atoms with Crippen molar-refractivity contribution in [2.75, 3.05) is 56.9 Å². The highest BCUT2D eigenvalue weighted by Gasteiger charge is 2.42. The molecule has 298 valence electrons. The molecule has 6 rings (SSSR count). The molecule has 2 heterocycles. The highest BCUT2D eigenvalue weighted by atomic mass is 16.6. The number of fused-ring (bicyclic) bond motifs is 2. The third kappa shape index (κ3) is 7.30. The van der Waals surface area contributed by atoms with E-state index in [4.69, 9.17) is 56.8 Å². The van der Waals surface area contributed by atoms with Gasteiger partial charge in [-0.05, 0) is 47.5 Å². The quantitative estimate of drug-likeness (QED) is 0.134. The van der Waals surface area contributed by atoms with Gasteiger partial charge in [-0.1, -0.05) is 12.1 Å². The minimum absolute atomic E-state index is 0.204. The third-order valence-electron chi connectivity index (χ3n) is 9.83. The Morgan fingerprint density at radius 1 is 0.482 bits per heavy atom. The number of carbonyl (C=O) groups is 2. The molecular weight excluding hydrogens is 728 g/mol. The summed E-state index contributed by atoms with van der Waals surface area (Å²) in [6.07, 6.45) is -2.72. The third-order valence-corrected chi connectivity index (χ3v) is 9.83. The molecule has 0 fully saturated rings. The van der Waals surface area contributed by atoms with E-state index in [0.29, 0.717) is 90.9 Å². The Morgan fingerprint density at radius 2 is 0.839 bits per heavy atom. The summed E-state index contributed by atoms with van der Waals surface area (Å²) in [5, 5.41) is 0. The smallest absolute Gasteiger partial charge is 0.303 e. The van der Waals surface area contributed by atoms with Gasteiger partial charge in [0.15, 0.2) is 58.2 Å². The van der Waals surface area contributed by atoms with E-state index in [1.54, 1.807) is 38.5 Å². The van der Waals surface area contributed by atoms with Crippen molar-refractivity contribution in [3.8, 4) is 68.6 Å². The van der Waals surface area contributed by atoms with Gasteiger partial charge in [0.1, 0.15) is 12.2 Å². The highest BCUT2D eigenvalue weighted by Crippen LogP contribution is 2.56. The Kier molecular flexibility index (Phi) is 11.8. The zero-order valence-electron chi connectivity index (χ0n) is 33.1. The summed E-state index contributed by atoms with van der Waals surface area (Å²) in [6.45, 7) is 2.70. The fourth-order valence-electron chi connectivity index (χ4n) is 7.42. The first kappa shape index (κ1) is 39.5. The average molecular weight is 775 g/mol. The maximum absolute atomic E-state index is 12.6. The highest BCUT2D eigenvalue weighted by molar-refractivity contribution is 5.83. The van der Waals surface area contributed by atoms with Crippen LogP contribution >= 0.6 is 0 Å². The molecule has 56 heavy (non-hydrogen) atoms. The van der Waals surface area contributed by atoms with Crippen LogP contribution in [0.1, 0.15) is 48.3 Å². The van der Waals surface area contributed by atoms with Crippen LogP contribution in [0.25, 0.3) is 11.1 Å². The lowest BCUT2D eigenvalue weighted by atomic mass is 9.84.